The summed E-state index contributed by atoms with van der Waals surface area (Å²) in [4.78, 5) is 140. The SMILES string of the molecule is C=C1C(=O)N[C@@H](C)C(=O)N(C)[C@@H](C)C(=O)NC([C@H](OC(=O)[C@@H](NC(C)=O)[C@H](O)C(C)C)C(C)C)C(=O)N(C)[C@@H]([C@@H](C)OC)C(=O)O[C@H](C)[C@H](NC(C)=O)C(=O)O[C@H](Cc2ccccc2)C(=O)N1C. The maximum Gasteiger partial charge on any atom is 0.333 e. The number of methoxy groups -OCH3 is 1. The molecule has 378 valence electrons. The minimum atomic E-state index is -1.86. The molecule has 1 aromatic rings. The number of carbonyl (C=O) groups is 10. The summed E-state index contributed by atoms with van der Waals surface area (Å²) in [5.41, 5.74) is 0.0526. The second-order valence-electron chi connectivity index (χ2n) is 17.5. The van der Waals surface area contributed by atoms with Crippen molar-refractivity contribution in [3.63, 3.8) is 0 Å². The number of hydrogen-bond acceptors (Lipinski definition) is 15. The summed E-state index contributed by atoms with van der Waals surface area (Å²) in [6.45, 7) is 17.5. The second-order valence-corrected chi connectivity index (χ2v) is 17.5. The topological polar surface area (TPSA) is 286 Å². The van der Waals surface area contributed by atoms with Gasteiger partial charge in [-0.3, -0.25) is 33.6 Å². The molecule has 0 spiro atoms. The highest BCUT2D eigenvalue weighted by atomic mass is 16.6. The van der Waals surface area contributed by atoms with Gasteiger partial charge < -0.3 is 60.0 Å². The number of amides is 7. The largest absolute Gasteiger partial charge is 0.458 e. The molecule has 0 saturated carbocycles. The number of carbonyl (C=O) groups excluding carboxylic acids is 10. The van der Waals surface area contributed by atoms with E-state index in [4.69, 9.17) is 18.9 Å². The second kappa shape index (κ2) is 25.6. The van der Waals surface area contributed by atoms with Crippen LogP contribution in [0.5, 0.6) is 0 Å². The molecule has 0 radical (unpaired) electrons. The predicted molar refractivity (Wildman–Crippen MR) is 243 cm³/mol. The van der Waals surface area contributed by atoms with Gasteiger partial charge in [0.15, 0.2) is 24.2 Å². The summed E-state index contributed by atoms with van der Waals surface area (Å²) in [5.74, 6) is -11.2. The van der Waals surface area contributed by atoms with Crippen molar-refractivity contribution < 1.29 is 72.0 Å². The maximum atomic E-state index is 14.9. The third-order valence-electron chi connectivity index (χ3n) is 11.5. The third-order valence-corrected chi connectivity index (χ3v) is 11.5. The quantitative estimate of drug-likeness (QED) is 0.0989. The van der Waals surface area contributed by atoms with E-state index in [1.807, 2.05) is 0 Å². The smallest absolute Gasteiger partial charge is 0.333 e. The Labute approximate surface area is 397 Å². The van der Waals surface area contributed by atoms with E-state index in [0.717, 1.165) is 28.5 Å². The van der Waals surface area contributed by atoms with Crippen molar-refractivity contribution in [1.82, 2.24) is 36.0 Å². The van der Waals surface area contributed by atoms with Gasteiger partial charge >= 0.3 is 17.9 Å². The zero-order valence-corrected chi connectivity index (χ0v) is 41.3. The number of benzene rings is 1. The van der Waals surface area contributed by atoms with Crippen molar-refractivity contribution in [1.29, 1.82) is 0 Å². The molecule has 1 aromatic carbocycles. The third kappa shape index (κ3) is 15.3. The first-order chi connectivity index (χ1) is 31.6. The highest BCUT2D eigenvalue weighted by Gasteiger charge is 2.46. The molecule has 68 heavy (non-hydrogen) atoms. The zero-order chi connectivity index (χ0) is 52.1. The number of likely N-dealkylation sites (N-methyl/N-ethyl adjacent to an activating group) is 3. The monoisotopic (exact) mass is 959 g/mol. The molecule has 1 unspecified atom stereocenters. The molecule has 1 fully saturated rings. The Hall–Kier alpha value is -6.42. The molecule has 0 aliphatic carbocycles. The summed E-state index contributed by atoms with van der Waals surface area (Å²) in [6.07, 6.45) is -7.68. The summed E-state index contributed by atoms with van der Waals surface area (Å²) in [6, 6.07) is -1.31. The highest BCUT2D eigenvalue weighted by molar-refractivity contribution is 6.01. The maximum absolute atomic E-state index is 14.9. The molecule has 0 bridgehead atoms. The lowest BCUT2D eigenvalue weighted by molar-refractivity contribution is -0.174. The molecule has 1 aliphatic rings. The van der Waals surface area contributed by atoms with Crippen LogP contribution in [-0.4, -0.2) is 174 Å². The number of aliphatic hydroxyl groups excluding tert-OH is 1. The van der Waals surface area contributed by atoms with E-state index in [1.165, 1.54) is 55.9 Å². The van der Waals surface area contributed by atoms with Crippen molar-refractivity contribution in [3.05, 3.63) is 48.2 Å². The standard InChI is InChI=1S/C46H69N7O15/c1-22(2)37(56)34(49-30(11)55)45(63)68-38(23(3)4)35-43(61)53(14)36(28(9)65-15)46(64)66-27(8)33(48-29(10)54)44(62)67-32(21-31-19-17-16-18-20-31)42(60)52(13)25(6)39(57)47-24(5)41(59)51(12)26(7)40(58)50-35/h16-20,22-24,26-28,32-38,56H,6,21H2,1-5,7-15H3,(H,47,57)(H,48,54)(H,49,55)(H,50,58)/t24-,26-,27+,28+,32+,33-,34-,35?,36-,37+,38+/m0/s1. The van der Waals surface area contributed by atoms with E-state index in [1.54, 1.807) is 58.0 Å². The average Bonchev–Trinajstić information content (AvgIpc) is 3.27. The van der Waals surface area contributed by atoms with Crippen molar-refractivity contribution in [3.8, 4) is 0 Å². The molecule has 11 atom stereocenters. The minimum Gasteiger partial charge on any atom is -0.458 e. The summed E-state index contributed by atoms with van der Waals surface area (Å²) >= 11 is 0. The molecular weight excluding hydrogens is 891 g/mol. The van der Waals surface area contributed by atoms with E-state index >= 15 is 0 Å². The Bertz CT molecular complexity index is 2030. The Morgan fingerprint density at radius 3 is 1.91 bits per heavy atom. The van der Waals surface area contributed by atoms with Gasteiger partial charge in [-0.2, -0.15) is 0 Å². The first kappa shape index (κ1) is 57.7. The fourth-order valence-corrected chi connectivity index (χ4v) is 7.04. The predicted octanol–water partition coefficient (Wildman–Crippen LogP) is -0.649. The fraction of sp³-hybridized carbons (Fsp3) is 0.609. The van der Waals surface area contributed by atoms with Gasteiger partial charge in [-0.15, -0.1) is 0 Å². The molecule has 22 heteroatoms. The zero-order valence-electron chi connectivity index (χ0n) is 41.3. The van der Waals surface area contributed by atoms with E-state index < -0.39 is 144 Å². The molecule has 5 N–H and O–H groups in total. The Morgan fingerprint density at radius 1 is 0.809 bits per heavy atom. The lowest BCUT2D eigenvalue weighted by Crippen LogP contribution is -2.63. The number of rotatable bonds is 12. The first-order valence-corrected chi connectivity index (χ1v) is 22.1. The average molecular weight is 960 g/mol. The first-order valence-electron chi connectivity index (χ1n) is 22.1. The highest BCUT2D eigenvalue weighted by Crippen LogP contribution is 2.22. The lowest BCUT2D eigenvalue weighted by Gasteiger charge is -2.38. The van der Waals surface area contributed by atoms with Gasteiger partial charge in [0.2, 0.25) is 29.5 Å². The molecule has 1 aliphatic heterocycles. The molecular formula is C46H69N7O15. The van der Waals surface area contributed by atoms with E-state index in [2.05, 4.69) is 27.8 Å². The van der Waals surface area contributed by atoms with Crippen LogP contribution in [0.25, 0.3) is 0 Å². The van der Waals surface area contributed by atoms with Gasteiger partial charge in [0.1, 0.15) is 36.0 Å². The molecule has 1 saturated heterocycles. The van der Waals surface area contributed by atoms with Crippen molar-refractivity contribution in [2.24, 2.45) is 11.8 Å². The number of hydrogen-bond donors (Lipinski definition) is 5. The van der Waals surface area contributed by atoms with Crippen LogP contribution < -0.4 is 21.3 Å². The molecule has 1 heterocycles. The van der Waals surface area contributed by atoms with Crippen molar-refractivity contribution in [2.75, 3.05) is 28.3 Å². The molecule has 2 rings (SSSR count). The summed E-state index contributed by atoms with van der Waals surface area (Å²) in [7, 11) is 4.83. The molecule has 0 aromatic heterocycles. The van der Waals surface area contributed by atoms with Crippen LogP contribution in [0.15, 0.2) is 42.6 Å². The van der Waals surface area contributed by atoms with Gasteiger partial charge in [0.25, 0.3) is 11.8 Å². The number of esters is 3. The van der Waals surface area contributed by atoms with E-state index in [9.17, 15) is 53.1 Å². The fourth-order valence-electron chi connectivity index (χ4n) is 7.04. The van der Waals surface area contributed by atoms with Crippen LogP contribution in [0.4, 0.5) is 0 Å². The normalized spacial score (nSPS) is 25.2. The number of aliphatic hydroxyl groups is 1. The van der Waals surface area contributed by atoms with E-state index in [0.29, 0.717) is 5.56 Å². The minimum absolute atomic E-state index is 0.231. The van der Waals surface area contributed by atoms with Crippen LogP contribution in [0.2, 0.25) is 0 Å². The Kier molecular flexibility index (Phi) is 21.8. The van der Waals surface area contributed by atoms with Crippen molar-refractivity contribution >= 4 is 59.3 Å². The van der Waals surface area contributed by atoms with Gasteiger partial charge in [0.05, 0.1) is 12.2 Å². The van der Waals surface area contributed by atoms with Crippen molar-refractivity contribution in [2.45, 2.75) is 142 Å². The van der Waals surface area contributed by atoms with Gasteiger partial charge in [0, 0.05) is 48.5 Å². The Morgan fingerprint density at radius 2 is 1.40 bits per heavy atom. The van der Waals surface area contributed by atoms with Gasteiger partial charge in [-0.05, 0) is 45.1 Å². The van der Waals surface area contributed by atoms with E-state index in [-0.39, 0.29) is 6.42 Å². The van der Waals surface area contributed by atoms with Crippen LogP contribution in [0.3, 0.4) is 0 Å². The lowest BCUT2D eigenvalue weighted by atomic mass is 9.95. The Balaban J connectivity index is 2.89. The van der Waals surface area contributed by atoms with Crippen LogP contribution in [0, 0.1) is 11.8 Å². The van der Waals surface area contributed by atoms with Crippen LogP contribution >= 0.6 is 0 Å². The van der Waals surface area contributed by atoms with Gasteiger partial charge in [-0.1, -0.05) is 64.6 Å². The van der Waals surface area contributed by atoms with Crippen LogP contribution in [0.1, 0.15) is 74.8 Å². The number of nitrogens with one attached hydrogen (secondary N) is 4. The molecule has 22 nitrogen and oxygen atoms in total. The van der Waals surface area contributed by atoms with Gasteiger partial charge in [-0.25, -0.2) is 14.4 Å². The summed E-state index contributed by atoms with van der Waals surface area (Å²) < 4.78 is 22.9. The van der Waals surface area contributed by atoms with Crippen LogP contribution in [-0.2, 0) is 73.3 Å². The summed E-state index contributed by atoms with van der Waals surface area (Å²) in [5, 5.41) is 20.7. The number of nitrogens with zero attached hydrogens (tertiary/aromatic N) is 3. The number of cyclic esters (lactones) is 2. The molecule has 7 amide bonds. The number of ether oxygens (including phenoxy) is 4.